The van der Waals surface area contributed by atoms with Gasteiger partial charge in [-0.1, -0.05) is 13.8 Å². The minimum absolute atomic E-state index is 0.0285. The molecule has 21 heavy (non-hydrogen) atoms. The Morgan fingerprint density at radius 2 is 2.19 bits per heavy atom. The van der Waals surface area contributed by atoms with Crippen LogP contribution < -0.4 is 11.1 Å². The van der Waals surface area contributed by atoms with Gasteiger partial charge in [-0.25, -0.2) is 4.99 Å². The number of anilines is 1. The molecule has 0 bridgehead atoms. The molecule has 1 aromatic rings. The number of hydrogen-bond donors (Lipinski definition) is 5. The molecule has 0 aliphatic carbocycles. The summed E-state index contributed by atoms with van der Waals surface area (Å²) in [5, 5.41) is 22.1. The lowest BCUT2D eigenvalue weighted by Crippen LogP contribution is -2.27. The van der Waals surface area contributed by atoms with Gasteiger partial charge in [-0.15, -0.1) is 0 Å². The van der Waals surface area contributed by atoms with Gasteiger partial charge in [-0.3, -0.25) is 4.90 Å². The van der Waals surface area contributed by atoms with E-state index in [4.69, 9.17) is 10.8 Å². The molecule has 7 nitrogen and oxygen atoms in total. The number of H-pyrrole nitrogens is 1. The first-order chi connectivity index (χ1) is 10.2. The second-order valence-corrected chi connectivity index (χ2v) is 5.20. The van der Waals surface area contributed by atoms with E-state index < -0.39 is 6.10 Å². The lowest BCUT2D eigenvalue weighted by molar-refractivity contribution is 0.103. The summed E-state index contributed by atoms with van der Waals surface area (Å²) in [6, 6.07) is 0. The Morgan fingerprint density at radius 3 is 2.86 bits per heavy atom. The normalized spacial score (nSPS) is 24.7. The number of rotatable bonds is 3. The second-order valence-electron chi connectivity index (χ2n) is 5.20. The van der Waals surface area contributed by atoms with Crippen molar-refractivity contribution in [3.63, 3.8) is 0 Å². The van der Waals surface area contributed by atoms with Crippen LogP contribution in [0.25, 0.3) is 0 Å². The molecule has 3 rings (SSSR count). The average molecular weight is 295 g/mol. The van der Waals surface area contributed by atoms with Crippen molar-refractivity contribution in [2.45, 2.75) is 33.0 Å². The molecule has 0 radical (unpaired) electrons. The minimum atomic E-state index is -0.445. The Kier molecular flexibility index (Phi) is 5.22. The number of likely N-dealkylation sites (tertiary alicyclic amines) is 1. The molecule has 2 aliphatic rings. The quantitative estimate of drug-likeness (QED) is 0.542. The number of fused-ring (bicyclic) bond motifs is 1. The van der Waals surface area contributed by atoms with Crippen LogP contribution in [0.15, 0.2) is 11.2 Å². The molecule has 0 aromatic carbocycles. The van der Waals surface area contributed by atoms with Crippen LogP contribution in [-0.2, 0) is 13.1 Å². The molecule has 0 spiro atoms. The number of aliphatic imine (C=N–C) groups is 1. The number of aromatic nitrogens is 1. The van der Waals surface area contributed by atoms with Crippen LogP contribution in [0.3, 0.4) is 0 Å². The first-order valence-corrected chi connectivity index (χ1v) is 7.44. The number of guanidine groups is 1. The lowest BCUT2D eigenvalue weighted by atomic mass is 10.1. The van der Waals surface area contributed by atoms with Crippen LogP contribution in [0.2, 0.25) is 0 Å². The maximum Gasteiger partial charge on any atom is 0.193 e. The van der Waals surface area contributed by atoms with Gasteiger partial charge in [0.1, 0.15) is 0 Å². The van der Waals surface area contributed by atoms with E-state index in [1.807, 2.05) is 20.0 Å². The van der Waals surface area contributed by atoms with Crippen molar-refractivity contribution in [2.75, 3.05) is 25.0 Å². The van der Waals surface area contributed by atoms with Gasteiger partial charge in [-0.05, 0) is 0 Å². The molecular weight excluding hydrogens is 270 g/mol. The summed E-state index contributed by atoms with van der Waals surface area (Å²) in [6.45, 7) is 6.62. The highest BCUT2D eigenvalue weighted by Gasteiger charge is 2.31. The maximum absolute atomic E-state index is 9.80. The number of nitrogens with two attached hydrogens (primary N) is 1. The monoisotopic (exact) mass is 295 g/mol. The number of aliphatic hydroxyl groups excluding tert-OH is 2. The molecule has 118 valence electrons. The van der Waals surface area contributed by atoms with Gasteiger partial charge in [0.05, 0.1) is 24.0 Å². The summed E-state index contributed by atoms with van der Waals surface area (Å²) in [5.41, 5.74) is 8.82. The summed E-state index contributed by atoms with van der Waals surface area (Å²) < 4.78 is 0. The largest absolute Gasteiger partial charge is 0.396 e. The number of β-amino-alcohol motifs (C(OH)–C–C–N with tert-alkyl or cyclic N) is 1. The van der Waals surface area contributed by atoms with E-state index in [0.29, 0.717) is 25.6 Å². The zero-order chi connectivity index (χ0) is 15.4. The first-order valence-electron chi connectivity index (χ1n) is 7.44. The van der Waals surface area contributed by atoms with Crippen molar-refractivity contribution in [1.82, 2.24) is 9.88 Å². The summed E-state index contributed by atoms with van der Waals surface area (Å²) in [6.07, 6.45) is 1.50. The Hall–Kier alpha value is -1.57. The Bertz CT molecular complexity index is 500. The topological polar surface area (TPSA) is 110 Å². The van der Waals surface area contributed by atoms with Crippen molar-refractivity contribution >= 4 is 11.6 Å². The zero-order valence-electron chi connectivity index (χ0n) is 12.6. The zero-order valence-corrected chi connectivity index (χ0v) is 12.6. The highest BCUT2D eigenvalue weighted by Crippen LogP contribution is 2.27. The van der Waals surface area contributed by atoms with Crippen LogP contribution in [-0.4, -0.2) is 51.9 Å². The average Bonchev–Trinajstić information content (AvgIpc) is 3.05. The fraction of sp³-hybridized carbons (Fsp3) is 0.643. The smallest absolute Gasteiger partial charge is 0.193 e. The highest BCUT2D eigenvalue weighted by molar-refractivity contribution is 5.95. The number of nitrogens with one attached hydrogen (secondary N) is 2. The van der Waals surface area contributed by atoms with Gasteiger partial charge >= 0.3 is 0 Å². The van der Waals surface area contributed by atoms with Crippen LogP contribution in [0.1, 0.15) is 25.1 Å². The molecule has 2 atom stereocenters. The van der Waals surface area contributed by atoms with Crippen molar-refractivity contribution in [1.29, 1.82) is 0 Å². The van der Waals surface area contributed by atoms with E-state index in [1.165, 1.54) is 0 Å². The Labute approximate surface area is 124 Å². The van der Waals surface area contributed by atoms with Crippen molar-refractivity contribution in [2.24, 2.45) is 16.6 Å². The third-order valence-corrected chi connectivity index (χ3v) is 3.81. The van der Waals surface area contributed by atoms with Gasteiger partial charge in [0.15, 0.2) is 5.96 Å². The lowest BCUT2D eigenvalue weighted by Gasteiger charge is -2.18. The van der Waals surface area contributed by atoms with Crippen molar-refractivity contribution < 1.29 is 10.2 Å². The molecule has 7 heteroatoms. The van der Waals surface area contributed by atoms with E-state index >= 15 is 0 Å². The molecule has 0 saturated carbocycles. The number of hydrogen-bond acceptors (Lipinski definition) is 6. The number of aromatic amines is 1. The molecule has 0 amide bonds. The summed E-state index contributed by atoms with van der Waals surface area (Å²) in [4.78, 5) is 9.45. The molecule has 1 fully saturated rings. The van der Waals surface area contributed by atoms with Gasteiger partial charge in [0, 0.05) is 43.9 Å². The third-order valence-electron chi connectivity index (χ3n) is 3.81. The standard InChI is InChI=1S/C12H19N5O2.C2H6/c13-12-15-2-9-11(16-12)7(1-14-9)3-17-4-8(6-18)10(19)5-17;1-2/h1,8,10,14,18-19H,2-6H2,(H3,13,15,16);1-2H3. The van der Waals surface area contributed by atoms with E-state index in [9.17, 15) is 5.11 Å². The van der Waals surface area contributed by atoms with Crippen LogP contribution in [0, 0.1) is 5.92 Å². The highest BCUT2D eigenvalue weighted by atomic mass is 16.3. The van der Waals surface area contributed by atoms with Crippen molar-refractivity contribution in [3.05, 3.63) is 17.5 Å². The van der Waals surface area contributed by atoms with Crippen LogP contribution in [0.4, 0.5) is 5.69 Å². The fourth-order valence-corrected chi connectivity index (χ4v) is 2.74. The van der Waals surface area contributed by atoms with Crippen LogP contribution >= 0.6 is 0 Å². The molecule has 1 saturated heterocycles. The summed E-state index contributed by atoms with van der Waals surface area (Å²) in [5.74, 6) is 0.386. The first kappa shape index (κ1) is 15.8. The summed E-state index contributed by atoms with van der Waals surface area (Å²) >= 11 is 0. The van der Waals surface area contributed by atoms with Crippen molar-refractivity contribution in [3.8, 4) is 0 Å². The maximum atomic E-state index is 9.80. The molecule has 3 heterocycles. The third kappa shape index (κ3) is 3.37. The Balaban J connectivity index is 0.000000774. The number of nitrogens with zero attached hydrogens (tertiary/aromatic N) is 2. The molecule has 6 N–H and O–H groups in total. The fourth-order valence-electron chi connectivity index (χ4n) is 2.74. The van der Waals surface area contributed by atoms with Gasteiger partial charge in [0.25, 0.3) is 0 Å². The molecular formula is C14H25N5O2. The van der Waals surface area contributed by atoms with E-state index in [-0.39, 0.29) is 12.5 Å². The van der Waals surface area contributed by atoms with Gasteiger partial charge < -0.3 is 26.2 Å². The predicted molar refractivity (Wildman–Crippen MR) is 82.9 cm³/mol. The number of aliphatic hydroxyl groups is 2. The van der Waals surface area contributed by atoms with Crippen LogP contribution in [0.5, 0.6) is 0 Å². The second kappa shape index (κ2) is 6.93. The van der Waals surface area contributed by atoms with Gasteiger partial charge in [-0.2, -0.15) is 0 Å². The van der Waals surface area contributed by atoms with E-state index in [2.05, 4.69) is 20.2 Å². The van der Waals surface area contributed by atoms with Gasteiger partial charge in [0.2, 0.25) is 0 Å². The van der Waals surface area contributed by atoms with E-state index in [0.717, 1.165) is 23.5 Å². The molecule has 1 aromatic heterocycles. The molecule has 2 aliphatic heterocycles. The molecule has 2 unspecified atom stereocenters. The minimum Gasteiger partial charge on any atom is -0.396 e. The van der Waals surface area contributed by atoms with E-state index in [1.54, 1.807) is 0 Å². The summed E-state index contributed by atoms with van der Waals surface area (Å²) in [7, 11) is 0. The Morgan fingerprint density at radius 1 is 1.43 bits per heavy atom. The SMILES string of the molecule is CC.NC1=NCc2[nH]cc(CN3CC(O)C(CO)C3)c2N1. The predicted octanol–water partition coefficient (Wildman–Crippen LogP) is 0.0661.